The molecule has 1 aliphatic carbocycles. The molecule has 1 atom stereocenters. The van der Waals surface area contributed by atoms with Crippen LogP contribution in [0.25, 0.3) is 116 Å². The van der Waals surface area contributed by atoms with Crippen LogP contribution in [0, 0.1) is 0 Å². The number of benzene rings is 10. The summed E-state index contributed by atoms with van der Waals surface area (Å²) >= 11 is 0. The zero-order valence-corrected chi connectivity index (χ0v) is 34.0. The second-order valence-corrected chi connectivity index (χ2v) is 16.3. The number of aromatic nitrogens is 1. The zero-order chi connectivity index (χ0) is 41.1. The summed E-state index contributed by atoms with van der Waals surface area (Å²) in [4.78, 5) is 5.16. The van der Waals surface area contributed by atoms with Crippen LogP contribution in [0.4, 0.5) is 0 Å². The number of rotatable bonds is 7. The summed E-state index contributed by atoms with van der Waals surface area (Å²) < 4.78 is 0. The number of fused-ring (bicyclic) bond motifs is 6. The average molecular weight is 789 g/mol. The van der Waals surface area contributed by atoms with E-state index in [2.05, 4.69) is 224 Å². The van der Waals surface area contributed by atoms with Crippen molar-refractivity contribution in [2.24, 2.45) is 5.73 Å². The number of hydrogen-bond donors (Lipinski definition) is 1. The van der Waals surface area contributed by atoms with Gasteiger partial charge in [-0.3, -0.25) is 0 Å². The van der Waals surface area contributed by atoms with E-state index >= 15 is 0 Å². The molecule has 0 spiro atoms. The van der Waals surface area contributed by atoms with Gasteiger partial charge in [-0.1, -0.05) is 212 Å². The lowest BCUT2D eigenvalue weighted by Crippen LogP contribution is -2.07. The minimum Gasteiger partial charge on any atom is -0.321 e. The van der Waals surface area contributed by atoms with Crippen molar-refractivity contribution in [1.29, 1.82) is 0 Å². The fourth-order valence-corrected chi connectivity index (χ4v) is 9.94. The highest BCUT2D eigenvalue weighted by Crippen LogP contribution is 2.58. The third kappa shape index (κ3) is 5.88. The first-order valence-electron chi connectivity index (χ1n) is 21.4. The maximum atomic E-state index is 6.72. The summed E-state index contributed by atoms with van der Waals surface area (Å²) in [5.74, 6) is 0. The molecule has 10 aromatic carbocycles. The lowest BCUT2D eigenvalue weighted by atomic mass is 9.82. The molecule has 0 amide bonds. The Morgan fingerprint density at radius 1 is 0.387 bits per heavy atom. The van der Waals surface area contributed by atoms with Gasteiger partial charge in [-0.25, -0.2) is 4.98 Å². The Balaban J connectivity index is 0.922. The molecule has 0 bridgehead atoms. The van der Waals surface area contributed by atoms with Crippen molar-refractivity contribution in [3.05, 3.63) is 230 Å². The van der Waals surface area contributed by atoms with E-state index in [1.807, 2.05) is 0 Å². The fraction of sp³-hybridized carbons (Fsp3) is 0.0167. The molecule has 1 unspecified atom stereocenters. The molecule has 0 radical (unpaired) electrons. The highest BCUT2D eigenvalue weighted by atomic mass is 14.7. The maximum Gasteiger partial charge on any atom is 0.0715 e. The van der Waals surface area contributed by atoms with Crippen molar-refractivity contribution in [2.45, 2.75) is 6.04 Å². The summed E-state index contributed by atoms with van der Waals surface area (Å²) in [6.45, 7) is 0. The quantitative estimate of drug-likeness (QED) is 0.175. The summed E-state index contributed by atoms with van der Waals surface area (Å²) in [5.41, 5.74) is 24.6. The molecular weight excluding hydrogens is 749 g/mol. The van der Waals surface area contributed by atoms with Crippen LogP contribution in [0.5, 0.6) is 0 Å². The zero-order valence-electron chi connectivity index (χ0n) is 34.0. The predicted molar refractivity (Wildman–Crippen MR) is 263 cm³/mol. The number of nitrogens with two attached hydrogens (primary N) is 1. The van der Waals surface area contributed by atoms with E-state index in [1.54, 1.807) is 0 Å². The van der Waals surface area contributed by atoms with E-state index in [0.29, 0.717) is 0 Å². The van der Waals surface area contributed by atoms with Crippen LogP contribution in [0.15, 0.2) is 218 Å². The Labute approximate surface area is 360 Å². The smallest absolute Gasteiger partial charge is 0.0715 e. The molecule has 2 N–H and O–H groups in total. The van der Waals surface area contributed by atoms with Crippen molar-refractivity contribution in [3.8, 4) is 66.9 Å². The Morgan fingerprint density at radius 2 is 0.952 bits per heavy atom. The second-order valence-electron chi connectivity index (χ2n) is 16.3. The number of nitrogens with zero attached hydrogens (tertiary/aromatic N) is 1. The molecule has 0 aliphatic heterocycles. The highest BCUT2D eigenvalue weighted by Gasteiger charge is 2.31. The van der Waals surface area contributed by atoms with Gasteiger partial charge in [0.1, 0.15) is 0 Å². The molecule has 62 heavy (non-hydrogen) atoms. The first kappa shape index (κ1) is 36.0. The van der Waals surface area contributed by atoms with Gasteiger partial charge in [0.05, 0.1) is 11.2 Å². The molecule has 2 heteroatoms. The van der Waals surface area contributed by atoms with Crippen LogP contribution < -0.4 is 5.73 Å². The summed E-state index contributed by atoms with van der Waals surface area (Å²) in [7, 11) is 0. The molecule has 1 heterocycles. The van der Waals surface area contributed by atoms with Gasteiger partial charge in [-0.2, -0.15) is 0 Å². The van der Waals surface area contributed by atoms with Gasteiger partial charge in [-0.05, 0) is 111 Å². The highest BCUT2D eigenvalue weighted by molar-refractivity contribution is 6.28. The predicted octanol–water partition coefficient (Wildman–Crippen LogP) is 15.7. The van der Waals surface area contributed by atoms with Gasteiger partial charge >= 0.3 is 0 Å². The molecule has 0 saturated heterocycles. The Bertz CT molecular complexity index is 3470. The van der Waals surface area contributed by atoms with Gasteiger partial charge in [0.15, 0.2) is 0 Å². The largest absolute Gasteiger partial charge is 0.321 e. The van der Waals surface area contributed by atoms with E-state index in [-0.39, 0.29) is 6.04 Å². The topological polar surface area (TPSA) is 38.9 Å². The first-order chi connectivity index (χ1) is 30.7. The Hall–Kier alpha value is -7.91. The normalized spacial score (nSPS) is 12.5. The van der Waals surface area contributed by atoms with E-state index in [9.17, 15) is 0 Å². The van der Waals surface area contributed by atoms with Crippen molar-refractivity contribution in [3.63, 3.8) is 0 Å². The van der Waals surface area contributed by atoms with Crippen LogP contribution >= 0.6 is 0 Å². The van der Waals surface area contributed by atoms with E-state index in [0.717, 1.165) is 33.3 Å². The summed E-state index contributed by atoms with van der Waals surface area (Å²) in [5, 5.41) is 8.60. The fourth-order valence-electron chi connectivity index (χ4n) is 9.94. The second kappa shape index (κ2) is 14.7. The van der Waals surface area contributed by atoms with Crippen LogP contribution in [0.3, 0.4) is 0 Å². The molecule has 2 nitrogen and oxygen atoms in total. The van der Waals surface area contributed by atoms with Gasteiger partial charge in [-0.15, -0.1) is 0 Å². The summed E-state index contributed by atoms with van der Waals surface area (Å²) in [6.07, 6.45) is 4.19. The first-order valence-corrected chi connectivity index (χ1v) is 21.4. The summed E-state index contributed by atoms with van der Waals surface area (Å²) in [6, 6.07) is 76.5. The molecule has 11 aromatic rings. The standard InChI is InChI=1S/C60H40N2/c61-53(47-22-11-18-39-13-7-8-19-45(39)47)35-26-38-25-27-42-32-36-54(62-55(42)37-38)41-30-28-40(29-31-41)46-33-34-52-58-48(46)23-12-24-51(58)59-56(43-14-3-1-4-15-43)49-20-9-10-21-50(49)57(60(52)59)44-16-5-2-6-17-44/h1-37,53H,61H2/b35-26-. The van der Waals surface area contributed by atoms with Crippen molar-refractivity contribution in [2.75, 3.05) is 0 Å². The molecule has 12 rings (SSSR count). The van der Waals surface area contributed by atoms with Gasteiger partial charge in [0.2, 0.25) is 0 Å². The maximum absolute atomic E-state index is 6.72. The molecule has 1 aromatic heterocycles. The molecule has 0 fully saturated rings. The van der Waals surface area contributed by atoms with Crippen molar-refractivity contribution < 1.29 is 0 Å². The molecule has 1 aliphatic rings. The minimum absolute atomic E-state index is 0.220. The van der Waals surface area contributed by atoms with Crippen molar-refractivity contribution >= 4 is 49.3 Å². The lowest BCUT2D eigenvalue weighted by Gasteiger charge is -2.20. The Kier molecular flexibility index (Phi) is 8.51. The van der Waals surface area contributed by atoms with Crippen LogP contribution in [0.1, 0.15) is 17.2 Å². The third-order valence-corrected chi connectivity index (χ3v) is 12.8. The van der Waals surface area contributed by atoms with Gasteiger partial charge in [0, 0.05) is 17.0 Å². The number of hydrogen-bond acceptors (Lipinski definition) is 2. The van der Waals surface area contributed by atoms with Crippen LogP contribution in [-0.2, 0) is 0 Å². The van der Waals surface area contributed by atoms with E-state index < -0.39 is 0 Å². The SMILES string of the molecule is NC(/C=C\c1ccc2ccc(-c3ccc(-c4ccc5c6c(cccc46)-c4c-5c(-c5ccccc5)c5ccccc5c4-c4ccccc4)cc3)nc2c1)c1cccc2ccccc12. The molecule has 290 valence electrons. The van der Waals surface area contributed by atoms with E-state index in [4.69, 9.17) is 10.7 Å². The average Bonchev–Trinajstić information content (AvgIpc) is 3.67. The third-order valence-electron chi connectivity index (χ3n) is 12.8. The van der Waals surface area contributed by atoms with Crippen molar-refractivity contribution in [1.82, 2.24) is 4.98 Å². The van der Waals surface area contributed by atoms with Crippen LogP contribution in [0.2, 0.25) is 0 Å². The van der Waals surface area contributed by atoms with Crippen LogP contribution in [-0.4, -0.2) is 4.98 Å². The lowest BCUT2D eigenvalue weighted by molar-refractivity contribution is 0.927. The van der Waals surface area contributed by atoms with Gasteiger partial charge in [0.25, 0.3) is 0 Å². The van der Waals surface area contributed by atoms with E-state index in [1.165, 1.54) is 88.0 Å². The number of pyridine rings is 1. The van der Waals surface area contributed by atoms with Gasteiger partial charge < -0.3 is 5.73 Å². The monoisotopic (exact) mass is 788 g/mol. The molecular formula is C60H40N2. The Morgan fingerprint density at radius 3 is 1.68 bits per heavy atom. The molecule has 0 saturated carbocycles. The minimum atomic E-state index is -0.220.